The van der Waals surface area contributed by atoms with Crippen LogP contribution in [0.2, 0.25) is 0 Å². The second-order valence-electron chi connectivity index (χ2n) is 5.43. The number of aryl methyl sites for hydroxylation is 1. The number of ether oxygens (including phenoxy) is 2. The lowest BCUT2D eigenvalue weighted by molar-refractivity contribution is -0.116. The van der Waals surface area contributed by atoms with Gasteiger partial charge in [0.15, 0.2) is 16.7 Å². The number of aromatic amines is 1. The third-order valence-corrected chi connectivity index (χ3v) is 4.24. The first kappa shape index (κ1) is 20.7. The highest BCUT2D eigenvalue weighted by Gasteiger charge is 2.14. The van der Waals surface area contributed by atoms with Crippen LogP contribution >= 0.6 is 11.8 Å². The fraction of sp³-hybridized carbons (Fsp3) is 0.353. The van der Waals surface area contributed by atoms with Gasteiger partial charge in [-0.25, -0.2) is 4.98 Å². The van der Waals surface area contributed by atoms with Crippen molar-refractivity contribution in [3.05, 3.63) is 39.8 Å². The number of alkyl halides is 2. The topological polar surface area (TPSA) is 93.3 Å². The maximum atomic E-state index is 12.5. The van der Waals surface area contributed by atoms with Crippen LogP contribution < -0.4 is 20.3 Å². The number of nitrogens with one attached hydrogen (secondary N) is 2. The monoisotopic (exact) mass is 399 g/mol. The van der Waals surface area contributed by atoms with Crippen molar-refractivity contribution in [2.24, 2.45) is 0 Å². The summed E-state index contributed by atoms with van der Waals surface area (Å²) in [6.45, 7) is -1.31. The average Bonchev–Trinajstić information content (AvgIpc) is 2.60. The number of carbonyl (C=O) groups excluding carboxylic acids is 1. The number of hydrogen-bond acceptors (Lipinski definition) is 6. The fourth-order valence-corrected chi connectivity index (χ4v) is 2.80. The van der Waals surface area contributed by atoms with E-state index >= 15 is 0 Å². The number of methoxy groups -OCH3 is 1. The second kappa shape index (κ2) is 9.36. The zero-order valence-corrected chi connectivity index (χ0v) is 15.8. The van der Waals surface area contributed by atoms with Gasteiger partial charge in [0.1, 0.15) is 0 Å². The first-order chi connectivity index (χ1) is 12.8. The molecule has 1 aromatic heterocycles. The summed E-state index contributed by atoms with van der Waals surface area (Å²) in [7, 11) is 1.32. The van der Waals surface area contributed by atoms with Crippen LogP contribution in [0.25, 0.3) is 0 Å². The molecule has 0 aliphatic rings. The molecule has 2 aromatic rings. The van der Waals surface area contributed by atoms with Gasteiger partial charge in [-0.1, -0.05) is 11.8 Å². The van der Waals surface area contributed by atoms with Gasteiger partial charge in [0.05, 0.1) is 7.11 Å². The first-order valence-electron chi connectivity index (χ1n) is 7.90. The molecule has 0 unspecified atom stereocenters. The predicted octanol–water partition coefficient (Wildman–Crippen LogP) is 2.98. The summed E-state index contributed by atoms with van der Waals surface area (Å²) < 4.78 is 34.2. The Morgan fingerprint density at radius 1 is 1.37 bits per heavy atom. The Kier molecular flexibility index (Phi) is 7.17. The summed E-state index contributed by atoms with van der Waals surface area (Å²) in [5.41, 5.74) is 0.988. The van der Waals surface area contributed by atoms with Gasteiger partial charge in [0.25, 0.3) is 5.56 Å². The van der Waals surface area contributed by atoms with Gasteiger partial charge in [-0.15, -0.1) is 0 Å². The second-order valence-corrected chi connectivity index (χ2v) is 6.23. The molecule has 7 nitrogen and oxygen atoms in total. The Morgan fingerprint density at radius 3 is 2.70 bits per heavy atom. The highest BCUT2D eigenvalue weighted by molar-refractivity contribution is 7.98. The highest BCUT2D eigenvalue weighted by atomic mass is 32.2. The first-order valence-corrected chi connectivity index (χ1v) is 9.13. The molecule has 1 amide bonds. The molecule has 10 heteroatoms. The SMILES string of the molecule is COc1ccc(NC(=O)CCc2c(C)nc(SC)[nH]c2=O)cc1OC(F)F. The van der Waals surface area contributed by atoms with Crippen molar-refractivity contribution in [3.63, 3.8) is 0 Å². The van der Waals surface area contributed by atoms with Crippen molar-refractivity contribution in [1.82, 2.24) is 9.97 Å². The van der Waals surface area contributed by atoms with Crippen molar-refractivity contribution >= 4 is 23.4 Å². The number of amides is 1. The summed E-state index contributed by atoms with van der Waals surface area (Å²) >= 11 is 1.32. The summed E-state index contributed by atoms with van der Waals surface area (Å²) in [5.74, 6) is -0.444. The minimum atomic E-state index is -3.02. The minimum absolute atomic E-state index is 0.0290. The largest absolute Gasteiger partial charge is 0.493 e. The Labute approximate surface area is 158 Å². The summed E-state index contributed by atoms with van der Waals surface area (Å²) in [6.07, 6.45) is 2.03. The Hall–Kier alpha value is -2.62. The van der Waals surface area contributed by atoms with Crippen molar-refractivity contribution < 1.29 is 23.0 Å². The predicted molar refractivity (Wildman–Crippen MR) is 98.0 cm³/mol. The van der Waals surface area contributed by atoms with E-state index in [2.05, 4.69) is 20.0 Å². The van der Waals surface area contributed by atoms with E-state index in [0.717, 1.165) is 0 Å². The molecule has 1 aromatic carbocycles. The number of halogens is 2. The number of aromatic nitrogens is 2. The van der Waals surface area contributed by atoms with Gasteiger partial charge in [-0.2, -0.15) is 8.78 Å². The Morgan fingerprint density at radius 2 is 2.11 bits per heavy atom. The molecule has 146 valence electrons. The number of rotatable bonds is 8. The van der Waals surface area contributed by atoms with Crippen molar-refractivity contribution in [3.8, 4) is 11.5 Å². The number of hydrogen-bond donors (Lipinski definition) is 2. The third kappa shape index (κ3) is 5.68. The number of H-pyrrole nitrogens is 1. The maximum Gasteiger partial charge on any atom is 0.387 e. The lowest BCUT2D eigenvalue weighted by Crippen LogP contribution is -2.20. The Bertz CT molecular complexity index is 874. The fourth-order valence-electron chi connectivity index (χ4n) is 2.38. The molecule has 0 aliphatic carbocycles. The van der Waals surface area contributed by atoms with Crippen molar-refractivity contribution in [2.45, 2.75) is 31.5 Å². The van der Waals surface area contributed by atoms with Crippen LogP contribution in [-0.4, -0.2) is 35.9 Å². The van der Waals surface area contributed by atoms with E-state index in [4.69, 9.17) is 4.74 Å². The van der Waals surface area contributed by atoms with Crippen LogP contribution in [0.15, 0.2) is 28.2 Å². The van der Waals surface area contributed by atoms with Crippen molar-refractivity contribution in [2.75, 3.05) is 18.7 Å². The zero-order valence-electron chi connectivity index (χ0n) is 15.0. The van der Waals surface area contributed by atoms with Gasteiger partial charge in [0, 0.05) is 29.4 Å². The molecule has 0 aliphatic heterocycles. The van der Waals surface area contributed by atoms with Gasteiger partial charge in [-0.3, -0.25) is 9.59 Å². The quantitative estimate of drug-likeness (QED) is 0.524. The van der Waals surface area contributed by atoms with Crippen LogP contribution in [0.1, 0.15) is 17.7 Å². The summed E-state index contributed by atoms with van der Waals surface area (Å²) in [5, 5.41) is 3.09. The van der Waals surface area contributed by atoms with E-state index in [-0.39, 0.29) is 41.5 Å². The van der Waals surface area contributed by atoms with Gasteiger partial charge in [-0.05, 0) is 31.7 Å². The summed E-state index contributed by atoms with van der Waals surface area (Å²) in [6, 6.07) is 4.16. The van der Waals surface area contributed by atoms with E-state index in [0.29, 0.717) is 16.4 Å². The number of carbonyl (C=O) groups is 1. The molecule has 0 saturated carbocycles. The normalized spacial score (nSPS) is 10.7. The van der Waals surface area contributed by atoms with E-state index in [1.54, 1.807) is 13.2 Å². The molecule has 0 bridgehead atoms. The lowest BCUT2D eigenvalue weighted by atomic mass is 10.1. The van der Waals surface area contributed by atoms with Crippen LogP contribution in [-0.2, 0) is 11.2 Å². The standard InChI is InChI=1S/C17H19F2N3O4S/c1-9-11(15(24)22-17(20-9)27-3)5-7-14(23)21-10-4-6-12(25-2)13(8-10)26-16(18)19/h4,6,8,16H,5,7H2,1-3H3,(H,21,23)(H,20,22,24). The van der Waals surface area contributed by atoms with Crippen LogP contribution in [0.5, 0.6) is 11.5 Å². The molecule has 27 heavy (non-hydrogen) atoms. The molecule has 0 atom stereocenters. The van der Waals surface area contributed by atoms with Gasteiger partial charge < -0.3 is 19.8 Å². The molecule has 2 rings (SSSR count). The minimum Gasteiger partial charge on any atom is -0.493 e. The molecular formula is C17H19F2N3O4S. The molecular weight excluding hydrogens is 380 g/mol. The third-order valence-electron chi connectivity index (χ3n) is 3.66. The summed E-state index contributed by atoms with van der Waals surface area (Å²) in [4.78, 5) is 31.1. The van der Waals surface area contributed by atoms with Gasteiger partial charge >= 0.3 is 6.61 Å². The smallest absolute Gasteiger partial charge is 0.387 e. The van der Waals surface area contributed by atoms with Crippen LogP contribution in [0.4, 0.5) is 14.5 Å². The Balaban J connectivity index is 2.05. The van der Waals surface area contributed by atoms with E-state index in [1.165, 1.54) is 37.1 Å². The van der Waals surface area contributed by atoms with Gasteiger partial charge in [0.2, 0.25) is 5.91 Å². The van der Waals surface area contributed by atoms with Crippen LogP contribution in [0.3, 0.4) is 0 Å². The highest BCUT2D eigenvalue weighted by Crippen LogP contribution is 2.31. The van der Waals surface area contributed by atoms with Crippen LogP contribution in [0, 0.1) is 6.92 Å². The lowest BCUT2D eigenvalue weighted by Gasteiger charge is -2.12. The number of benzene rings is 1. The maximum absolute atomic E-state index is 12.5. The molecule has 1 heterocycles. The zero-order chi connectivity index (χ0) is 20.0. The van der Waals surface area contributed by atoms with E-state index in [1.807, 2.05) is 0 Å². The number of anilines is 1. The average molecular weight is 399 g/mol. The van der Waals surface area contributed by atoms with E-state index < -0.39 is 6.61 Å². The number of nitrogens with zero attached hydrogens (tertiary/aromatic N) is 1. The molecule has 0 radical (unpaired) electrons. The molecule has 0 saturated heterocycles. The van der Waals surface area contributed by atoms with Crippen molar-refractivity contribution in [1.29, 1.82) is 0 Å². The number of thioether (sulfide) groups is 1. The molecule has 2 N–H and O–H groups in total. The molecule has 0 fully saturated rings. The molecule has 0 spiro atoms. The van der Waals surface area contributed by atoms with E-state index in [9.17, 15) is 18.4 Å².